The third kappa shape index (κ3) is 2.16. The molecule has 1 aromatic heterocycles. The van der Waals surface area contributed by atoms with E-state index in [2.05, 4.69) is 15.3 Å². The third-order valence-corrected chi connectivity index (χ3v) is 2.96. The lowest BCUT2D eigenvalue weighted by atomic mass is 9.97. The molecule has 1 fully saturated rings. The van der Waals surface area contributed by atoms with Crippen molar-refractivity contribution in [2.45, 2.75) is 12.0 Å². The first-order chi connectivity index (χ1) is 7.56. The zero-order chi connectivity index (χ0) is 11.7. The molecule has 2 rings (SSSR count). The average Bonchev–Trinajstić information content (AvgIpc) is 2.72. The first kappa shape index (κ1) is 10.9. The van der Waals surface area contributed by atoms with Crippen LogP contribution in [0.2, 0.25) is 0 Å². The molecule has 1 amide bonds. The van der Waals surface area contributed by atoms with Gasteiger partial charge in [0.1, 0.15) is 0 Å². The van der Waals surface area contributed by atoms with Gasteiger partial charge in [-0.05, 0) is 12.6 Å². The van der Waals surface area contributed by atoms with Crippen molar-refractivity contribution in [2.24, 2.45) is 7.05 Å². The van der Waals surface area contributed by atoms with Crippen LogP contribution >= 0.6 is 0 Å². The molecule has 1 aliphatic heterocycles. The summed E-state index contributed by atoms with van der Waals surface area (Å²) in [4.78, 5) is 12.8. The number of aryl methyl sites for hydroxylation is 1. The van der Waals surface area contributed by atoms with Crippen molar-refractivity contribution >= 4 is 6.09 Å². The van der Waals surface area contributed by atoms with Gasteiger partial charge in [-0.15, -0.1) is 0 Å². The number of carboxylic acid groups (broad SMARTS) is 1. The quantitative estimate of drug-likeness (QED) is 0.746. The van der Waals surface area contributed by atoms with Crippen LogP contribution in [0.5, 0.6) is 0 Å². The van der Waals surface area contributed by atoms with Gasteiger partial charge < -0.3 is 15.3 Å². The largest absolute Gasteiger partial charge is 0.465 e. The summed E-state index contributed by atoms with van der Waals surface area (Å²) in [6.07, 6.45) is 2.79. The number of nitrogens with zero attached hydrogens (tertiary/aromatic N) is 3. The predicted molar refractivity (Wildman–Crippen MR) is 58.4 cm³/mol. The standard InChI is InChI=1S/C10H16N4O2/c1-13-5-8(7-3-11-14(2)4-7)9(6-13)12-10(15)16/h3-4,8-9,12H,5-6H2,1-2H3,(H,15,16)/t8-,9+/m0/s1. The summed E-state index contributed by atoms with van der Waals surface area (Å²) >= 11 is 0. The highest BCUT2D eigenvalue weighted by Crippen LogP contribution is 2.26. The molecular formula is C10H16N4O2. The summed E-state index contributed by atoms with van der Waals surface area (Å²) in [6, 6.07) is -0.0494. The highest BCUT2D eigenvalue weighted by Gasteiger charge is 2.33. The molecule has 16 heavy (non-hydrogen) atoms. The van der Waals surface area contributed by atoms with Gasteiger partial charge in [0, 0.05) is 32.3 Å². The lowest BCUT2D eigenvalue weighted by Gasteiger charge is -2.16. The van der Waals surface area contributed by atoms with Crippen molar-refractivity contribution in [1.29, 1.82) is 0 Å². The smallest absolute Gasteiger partial charge is 0.404 e. The van der Waals surface area contributed by atoms with E-state index in [4.69, 9.17) is 5.11 Å². The van der Waals surface area contributed by atoms with Gasteiger partial charge in [-0.25, -0.2) is 4.79 Å². The summed E-state index contributed by atoms with van der Waals surface area (Å²) in [6.45, 7) is 1.60. The Morgan fingerprint density at radius 2 is 2.31 bits per heavy atom. The van der Waals surface area contributed by atoms with Crippen LogP contribution in [0.1, 0.15) is 11.5 Å². The van der Waals surface area contributed by atoms with E-state index >= 15 is 0 Å². The van der Waals surface area contributed by atoms with E-state index < -0.39 is 6.09 Å². The first-order valence-corrected chi connectivity index (χ1v) is 5.23. The maximum atomic E-state index is 10.7. The van der Waals surface area contributed by atoms with Gasteiger partial charge in [-0.1, -0.05) is 0 Å². The monoisotopic (exact) mass is 224 g/mol. The van der Waals surface area contributed by atoms with Gasteiger partial charge in [0.05, 0.1) is 12.2 Å². The molecule has 0 spiro atoms. The molecule has 0 radical (unpaired) electrons. The second kappa shape index (κ2) is 4.13. The van der Waals surface area contributed by atoms with Crippen molar-refractivity contribution in [3.8, 4) is 0 Å². The Kier molecular flexibility index (Phi) is 2.82. The Morgan fingerprint density at radius 1 is 1.56 bits per heavy atom. The maximum Gasteiger partial charge on any atom is 0.404 e. The van der Waals surface area contributed by atoms with Crippen molar-refractivity contribution in [3.05, 3.63) is 18.0 Å². The number of rotatable bonds is 2. The minimum atomic E-state index is -0.964. The number of nitrogens with one attached hydrogen (secondary N) is 1. The topological polar surface area (TPSA) is 70.4 Å². The molecule has 0 bridgehead atoms. The summed E-state index contributed by atoms with van der Waals surface area (Å²) in [7, 11) is 3.86. The number of carbonyl (C=O) groups is 1. The van der Waals surface area contributed by atoms with E-state index in [0.29, 0.717) is 0 Å². The van der Waals surface area contributed by atoms with Crippen LogP contribution in [0.4, 0.5) is 4.79 Å². The molecule has 0 unspecified atom stereocenters. The van der Waals surface area contributed by atoms with Crippen molar-refractivity contribution in [2.75, 3.05) is 20.1 Å². The van der Waals surface area contributed by atoms with Crippen LogP contribution in [0.3, 0.4) is 0 Å². The zero-order valence-corrected chi connectivity index (χ0v) is 9.42. The second-order valence-corrected chi connectivity index (χ2v) is 4.33. The summed E-state index contributed by atoms with van der Waals surface area (Å²) in [5, 5.41) is 15.5. The second-order valence-electron chi connectivity index (χ2n) is 4.33. The molecule has 2 heterocycles. The Morgan fingerprint density at radius 3 is 2.88 bits per heavy atom. The van der Waals surface area contributed by atoms with Gasteiger partial charge >= 0.3 is 6.09 Å². The van der Waals surface area contributed by atoms with Gasteiger partial charge in [0.25, 0.3) is 0 Å². The fourth-order valence-electron chi connectivity index (χ4n) is 2.27. The van der Waals surface area contributed by atoms with Crippen LogP contribution < -0.4 is 5.32 Å². The Bertz CT molecular complexity index is 390. The van der Waals surface area contributed by atoms with E-state index in [-0.39, 0.29) is 12.0 Å². The van der Waals surface area contributed by atoms with Crippen molar-refractivity contribution in [3.63, 3.8) is 0 Å². The third-order valence-electron chi connectivity index (χ3n) is 2.96. The molecule has 6 nitrogen and oxygen atoms in total. The fourth-order valence-corrected chi connectivity index (χ4v) is 2.27. The molecule has 6 heteroatoms. The minimum absolute atomic E-state index is 0.0494. The first-order valence-electron chi connectivity index (χ1n) is 5.23. The molecule has 2 atom stereocenters. The lowest BCUT2D eigenvalue weighted by molar-refractivity contribution is 0.189. The number of likely N-dealkylation sites (N-methyl/N-ethyl adjacent to an activating group) is 1. The summed E-state index contributed by atoms with van der Waals surface area (Å²) in [5.41, 5.74) is 1.09. The van der Waals surface area contributed by atoms with Crippen LogP contribution in [-0.4, -0.2) is 52.1 Å². The molecule has 2 N–H and O–H groups in total. The molecule has 1 saturated heterocycles. The van der Waals surface area contributed by atoms with Gasteiger partial charge in [-0.3, -0.25) is 4.68 Å². The molecular weight excluding hydrogens is 208 g/mol. The summed E-state index contributed by atoms with van der Waals surface area (Å²) < 4.78 is 1.74. The number of hydrogen-bond donors (Lipinski definition) is 2. The van der Waals surface area contributed by atoms with Crippen molar-refractivity contribution in [1.82, 2.24) is 20.0 Å². The lowest BCUT2D eigenvalue weighted by Crippen LogP contribution is -2.38. The number of amides is 1. The van der Waals surface area contributed by atoms with E-state index in [9.17, 15) is 4.79 Å². The number of hydrogen-bond acceptors (Lipinski definition) is 3. The van der Waals surface area contributed by atoms with Crippen molar-refractivity contribution < 1.29 is 9.90 Å². The van der Waals surface area contributed by atoms with Crippen LogP contribution in [-0.2, 0) is 7.05 Å². The maximum absolute atomic E-state index is 10.7. The molecule has 0 aliphatic carbocycles. The van der Waals surface area contributed by atoms with E-state index in [1.807, 2.05) is 20.3 Å². The van der Waals surface area contributed by atoms with Gasteiger partial charge in [0.15, 0.2) is 0 Å². The Labute approximate surface area is 93.9 Å². The normalized spacial score (nSPS) is 25.9. The van der Waals surface area contributed by atoms with Gasteiger partial charge in [-0.2, -0.15) is 5.10 Å². The van der Waals surface area contributed by atoms with E-state index in [1.54, 1.807) is 10.9 Å². The number of likely N-dealkylation sites (tertiary alicyclic amines) is 1. The SMILES string of the molecule is CN1C[C@@H](NC(=O)O)[C@H](c2cnn(C)c2)C1. The predicted octanol–water partition coefficient (Wildman–Crippen LogP) is 0.0853. The van der Waals surface area contributed by atoms with Crippen LogP contribution in [0, 0.1) is 0 Å². The molecule has 0 saturated carbocycles. The highest BCUT2D eigenvalue weighted by atomic mass is 16.4. The summed E-state index contributed by atoms with van der Waals surface area (Å²) in [5.74, 6) is 0.190. The van der Waals surface area contributed by atoms with Crippen LogP contribution in [0.15, 0.2) is 12.4 Å². The molecule has 1 aromatic rings. The van der Waals surface area contributed by atoms with E-state index in [1.165, 1.54) is 0 Å². The molecule has 88 valence electrons. The average molecular weight is 224 g/mol. The number of aromatic nitrogens is 2. The minimum Gasteiger partial charge on any atom is -0.465 e. The zero-order valence-electron chi connectivity index (χ0n) is 9.42. The fraction of sp³-hybridized carbons (Fsp3) is 0.600. The van der Waals surface area contributed by atoms with E-state index in [0.717, 1.165) is 18.7 Å². The molecule has 1 aliphatic rings. The Balaban J connectivity index is 2.15. The van der Waals surface area contributed by atoms with Crippen LogP contribution in [0.25, 0.3) is 0 Å². The highest BCUT2D eigenvalue weighted by molar-refractivity contribution is 5.65. The van der Waals surface area contributed by atoms with Gasteiger partial charge in [0.2, 0.25) is 0 Å². The molecule has 0 aromatic carbocycles. The Hall–Kier alpha value is -1.56.